The Morgan fingerprint density at radius 3 is 2.48 bits per heavy atom. The van der Waals surface area contributed by atoms with Gasteiger partial charge in [0.15, 0.2) is 0 Å². The van der Waals surface area contributed by atoms with Crippen LogP contribution in [-0.2, 0) is 0 Å². The molecule has 1 saturated heterocycles. The van der Waals surface area contributed by atoms with Crippen LogP contribution in [0.1, 0.15) is 12.8 Å². The van der Waals surface area contributed by atoms with Crippen LogP contribution in [0, 0.1) is 0 Å². The first-order chi connectivity index (χ1) is 11.1. The van der Waals surface area contributed by atoms with Crippen molar-refractivity contribution >= 4 is 22.8 Å². The number of nitrogens with zero attached hydrogens (tertiary/aromatic N) is 4. The molecule has 1 aliphatic heterocycles. The first kappa shape index (κ1) is 15.6. The minimum absolute atomic E-state index is 0.0762. The van der Waals surface area contributed by atoms with E-state index in [1.54, 1.807) is 19.0 Å². The van der Waals surface area contributed by atoms with E-state index in [-0.39, 0.29) is 6.03 Å². The van der Waals surface area contributed by atoms with Gasteiger partial charge in [-0.1, -0.05) is 18.2 Å². The number of hydrogen-bond acceptors (Lipinski definition) is 3. The van der Waals surface area contributed by atoms with E-state index in [1.165, 1.54) is 5.39 Å². The van der Waals surface area contributed by atoms with Crippen LogP contribution in [0.25, 0.3) is 10.9 Å². The van der Waals surface area contributed by atoms with Gasteiger partial charge in [-0.2, -0.15) is 0 Å². The molecule has 0 radical (unpaired) electrons. The SMILES string of the molecule is CN(C)C(=O)N(C)C1CCN(c2ccc3ccccc3n2)CC1. The quantitative estimate of drug-likeness (QED) is 0.856. The highest BCUT2D eigenvalue weighted by Crippen LogP contribution is 2.23. The zero-order valence-electron chi connectivity index (χ0n) is 14.1. The number of aromatic nitrogens is 1. The largest absolute Gasteiger partial charge is 0.356 e. The summed E-state index contributed by atoms with van der Waals surface area (Å²) in [5, 5.41) is 1.17. The van der Waals surface area contributed by atoms with Gasteiger partial charge in [-0.3, -0.25) is 0 Å². The molecule has 3 rings (SSSR count). The van der Waals surface area contributed by atoms with Gasteiger partial charge in [0.25, 0.3) is 0 Å². The average Bonchev–Trinajstić information content (AvgIpc) is 2.60. The fraction of sp³-hybridized carbons (Fsp3) is 0.444. The zero-order valence-corrected chi connectivity index (χ0v) is 14.1. The summed E-state index contributed by atoms with van der Waals surface area (Å²) in [4.78, 5) is 22.7. The molecule has 1 aliphatic rings. The first-order valence-corrected chi connectivity index (χ1v) is 8.11. The summed E-state index contributed by atoms with van der Waals surface area (Å²) in [5.74, 6) is 1.03. The number of urea groups is 1. The van der Waals surface area contributed by atoms with E-state index in [9.17, 15) is 4.79 Å². The van der Waals surface area contributed by atoms with Crippen molar-refractivity contribution < 1.29 is 4.79 Å². The highest BCUT2D eigenvalue weighted by Gasteiger charge is 2.26. The number of carbonyl (C=O) groups is 1. The molecule has 0 saturated carbocycles. The molecule has 0 bridgehead atoms. The van der Waals surface area contributed by atoms with Crippen molar-refractivity contribution in [1.29, 1.82) is 0 Å². The topological polar surface area (TPSA) is 39.7 Å². The van der Waals surface area contributed by atoms with Gasteiger partial charge < -0.3 is 14.7 Å². The Balaban J connectivity index is 1.67. The average molecular weight is 312 g/mol. The minimum atomic E-state index is 0.0762. The molecule has 2 aromatic rings. The van der Waals surface area contributed by atoms with Crippen molar-refractivity contribution in [3.63, 3.8) is 0 Å². The van der Waals surface area contributed by atoms with Crippen LogP contribution >= 0.6 is 0 Å². The molecule has 5 heteroatoms. The van der Waals surface area contributed by atoms with E-state index in [0.29, 0.717) is 6.04 Å². The van der Waals surface area contributed by atoms with E-state index in [2.05, 4.69) is 29.2 Å². The lowest BCUT2D eigenvalue weighted by molar-refractivity contribution is 0.155. The first-order valence-electron chi connectivity index (χ1n) is 8.11. The second-order valence-corrected chi connectivity index (χ2v) is 6.37. The maximum absolute atomic E-state index is 12.1. The minimum Gasteiger partial charge on any atom is -0.356 e. The molecule has 1 aromatic heterocycles. The summed E-state index contributed by atoms with van der Waals surface area (Å²) in [6.45, 7) is 1.86. The van der Waals surface area contributed by atoms with Crippen LogP contribution in [0.5, 0.6) is 0 Å². The van der Waals surface area contributed by atoms with Crippen LogP contribution in [0.3, 0.4) is 0 Å². The number of rotatable bonds is 2. The fourth-order valence-corrected chi connectivity index (χ4v) is 3.19. The summed E-state index contributed by atoms with van der Waals surface area (Å²) in [5.41, 5.74) is 1.03. The predicted octanol–water partition coefficient (Wildman–Crippen LogP) is 2.82. The maximum Gasteiger partial charge on any atom is 0.319 e. The molecule has 0 atom stereocenters. The molecule has 122 valence electrons. The fourth-order valence-electron chi connectivity index (χ4n) is 3.19. The lowest BCUT2D eigenvalue weighted by atomic mass is 10.0. The van der Waals surface area contributed by atoms with E-state index >= 15 is 0 Å². The molecular weight excluding hydrogens is 288 g/mol. The second-order valence-electron chi connectivity index (χ2n) is 6.37. The molecule has 1 fully saturated rings. The Labute approximate surface area is 137 Å². The third kappa shape index (κ3) is 3.23. The molecule has 5 nitrogen and oxygen atoms in total. The second kappa shape index (κ2) is 6.44. The normalized spacial score (nSPS) is 15.7. The molecule has 0 unspecified atom stereocenters. The number of para-hydroxylation sites is 1. The Bertz CT molecular complexity index is 692. The standard InChI is InChI=1S/C18H24N4O/c1-20(2)18(23)21(3)15-10-12-22(13-11-15)17-9-8-14-6-4-5-7-16(14)19-17/h4-9,15H,10-13H2,1-3H3. The van der Waals surface area contributed by atoms with Gasteiger partial charge >= 0.3 is 6.03 Å². The van der Waals surface area contributed by atoms with E-state index in [4.69, 9.17) is 4.98 Å². The highest BCUT2D eigenvalue weighted by molar-refractivity contribution is 5.80. The van der Waals surface area contributed by atoms with E-state index in [1.807, 2.05) is 24.1 Å². The van der Waals surface area contributed by atoms with Gasteiger partial charge in [-0.15, -0.1) is 0 Å². The number of carbonyl (C=O) groups excluding carboxylic acids is 1. The van der Waals surface area contributed by atoms with Crippen molar-refractivity contribution in [3.8, 4) is 0 Å². The molecule has 0 aliphatic carbocycles. The molecule has 0 spiro atoms. The number of anilines is 1. The Morgan fingerprint density at radius 1 is 1.09 bits per heavy atom. The van der Waals surface area contributed by atoms with E-state index in [0.717, 1.165) is 37.3 Å². The van der Waals surface area contributed by atoms with Crippen LogP contribution < -0.4 is 4.90 Å². The van der Waals surface area contributed by atoms with Gasteiger partial charge in [0, 0.05) is 45.7 Å². The number of benzene rings is 1. The summed E-state index contributed by atoms with van der Waals surface area (Å²) in [7, 11) is 5.50. The van der Waals surface area contributed by atoms with Crippen molar-refractivity contribution in [1.82, 2.24) is 14.8 Å². The van der Waals surface area contributed by atoms with Gasteiger partial charge in [-0.25, -0.2) is 9.78 Å². The summed E-state index contributed by atoms with van der Waals surface area (Å²) < 4.78 is 0. The lowest BCUT2D eigenvalue weighted by Gasteiger charge is -2.38. The summed E-state index contributed by atoms with van der Waals surface area (Å²) in [6.07, 6.45) is 1.95. The molecular formula is C18H24N4O. The van der Waals surface area contributed by atoms with E-state index < -0.39 is 0 Å². The lowest BCUT2D eigenvalue weighted by Crippen LogP contribution is -2.48. The Hall–Kier alpha value is -2.30. The number of amides is 2. The molecule has 2 heterocycles. The molecule has 1 aromatic carbocycles. The zero-order chi connectivity index (χ0) is 16.4. The predicted molar refractivity (Wildman–Crippen MR) is 93.8 cm³/mol. The summed E-state index contributed by atoms with van der Waals surface area (Å²) in [6, 6.07) is 12.8. The Kier molecular flexibility index (Phi) is 4.37. The number of fused-ring (bicyclic) bond motifs is 1. The monoisotopic (exact) mass is 312 g/mol. The number of piperidine rings is 1. The molecule has 23 heavy (non-hydrogen) atoms. The van der Waals surface area contributed by atoms with Gasteiger partial charge in [0.2, 0.25) is 0 Å². The van der Waals surface area contributed by atoms with Crippen LogP contribution in [0.4, 0.5) is 10.6 Å². The van der Waals surface area contributed by atoms with Crippen molar-refractivity contribution in [3.05, 3.63) is 36.4 Å². The van der Waals surface area contributed by atoms with Crippen molar-refractivity contribution in [2.45, 2.75) is 18.9 Å². The third-order valence-electron chi connectivity index (χ3n) is 4.60. The number of pyridine rings is 1. The van der Waals surface area contributed by atoms with Gasteiger partial charge in [0.1, 0.15) is 5.82 Å². The van der Waals surface area contributed by atoms with Crippen LogP contribution in [-0.4, -0.2) is 61.1 Å². The Morgan fingerprint density at radius 2 is 1.78 bits per heavy atom. The van der Waals surface area contributed by atoms with Crippen molar-refractivity contribution in [2.75, 3.05) is 39.1 Å². The third-order valence-corrected chi connectivity index (χ3v) is 4.60. The van der Waals surface area contributed by atoms with Gasteiger partial charge in [-0.05, 0) is 31.0 Å². The number of hydrogen-bond donors (Lipinski definition) is 0. The highest BCUT2D eigenvalue weighted by atomic mass is 16.2. The molecule has 2 amide bonds. The smallest absolute Gasteiger partial charge is 0.319 e. The van der Waals surface area contributed by atoms with Crippen LogP contribution in [0.15, 0.2) is 36.4 Å². The summed E-state index contributed by atoms with van der Waals surface area (Å²) >= 11 is 0. The van der Waals surface area contributed by atoms with Crippen molar-refractivity contribution in [2.24, 2.45) is 0 Å². The maximum atomic E-state index is 12.1. The van der Waals surface area contributed by atoms with Gasteiger partial charge in [0.05, 0.1) is 5.52 Å². The van der Waals surface area contributed by atoms with Crippen LogP contribution in [0.2, 0.25) is 0 Å². The molecule has 0 N–H and O–H groups in total.